The molecule has 3 atom stereocenters. The first-order valence-electron chi connectivity index (χ1n) is 14.5. The number of piperidine rings is 1. The Balaban J connectivity index is 1.18. The molecule has 0 spiro atoms. The van der Waals surface area contributed by atoms with E-state index in [0.29, 0.717) is 50.9 Å². The van der Waals surface area contributed by atoms with E-state index in [-0.39, 0.29) is 35.9 Å². The number of carbonyl (C=O) groups is 2. The Morgan fingerprint density at radius 3 is 2.80 bits per heavy atom. The van der Waals surface area contributed by atoms with Crippen molar-refractivity contribution < 1.29 is 19.1 Å². The molecule has 1 aromatic carbocycles. The van der Waals surface area contributed by atoms with Crippen LogP contribution in [-0.4, -0.2) is 71.7 Å². The molecule has 3 N–H and O–H groups in total. The van der Waals surface area contributed by atoms with Gasteiger partial charge in [0.1, 0.15) is 5.75 Å². The van der Waals surface area contributed by atoms with Crippen molar-refractivity contribution in [1.29, 1.82) is 0 Å². The summed E-state index contributed by atoms with van der Waals surface area (Å²) in [5.41, 5.74) is 1.58. The quantitative estimate of drug-likeness (QED) is 0.443. The van der Waals surface area contributed by atoms with Gasteiger partial charge in [0.15, 0.2) is 18.2 Å². The van der Waals surface area contributed by atoms with Crippen LogP contribution < -0.4 is 31.0 Å². The Hall–Kier alpha value is -3.96. The van der Waals surface area contributed by atoms with Gasteiger partial charge < -0.3 is 34.9 Å². The van der Waals surface area contributed by atoms with Crippen LogP contribution in [0.4, 0.5) is 5.82 Å². The molecule has 11 heteroatoms. The molecule has 11 nitrogen and oxygen atoms in total. The van der Waals surface area contributed by atoms with E-state index in [9.17, 15) is 14.4 Å². The topological polar surface area (TPSA) is 127 Å². The molecule has 1 unspecified atom stereocenters. The molecule has 1 fully saturated rings. The predicted molar refractivity (Wildman–Crippen MR) is 154 cm³/mol. The first-order valence-corrected chi connectivity index (χ1v) is 14.5. The Bertz CT molecular complexity index is 1490. The van der Waals surface area contributed by atoms with Crippen LogP contribution in [0.5, 0.6) is 11.5 Å². The first-order chi connectivity index (χ1) is 20.0. The molecule has 0 radical (unpaired) electrons. The van der Waals surface area contributed by atoms with Gasteiger partial charge in [-0.15, -0.1) is 0 Å². The van der Waals surface area contributed by atoms with Gasteiger partial charge in [-0.25, -0.2) is 4.98 Å². The second-order valence-electron chi connectivity index (χ2n) is 10.9. The number of anilines is 1. The summed E-state index contributed by atoms with van der Waals surface area (Å²) >= 11 is 0. The number of hydrogen-bond acceptors (Lipinski definition) is 8. The van der Waals surface area contributed by atoms with Crippen molar-refractivity contribution in [3.8, 4) is 11.5 Å². The number of hydrogen-bond donors (Lipinski definition) is 3. The summed E-state index contributed by atoms with van der Waals surface area (Å²) in [5, 5.41) is 10.5. The number of amides is 2. The average molecular weight is 561 g/mol. The molecule has 6 rings (SSSR count). The zero-order valence-corrected chi connectivity index (χ0v) is 23.1. The second-order valence-corrected chi connectivity index (χ2v) is 10.9. The van der Waals surface area contributed by atoms with Gasteiger partial charge in [0.05, 0.1) is 23.7 Å². The molecule has 4 bridgehead atoms. The number of aromatic nitrogens is 2. The lowest BCUT2D eigenvalue weighted by atomic mass is 9.90. The Morgan fingerprint density at radius 1 is 0.976 bits per heavy atom. The summed E-state index contributed by atoms with van der Waals surface area (Å²) < 4.78 is 13.2. The van der Waals surface area contributed by atoms with Crippen LogP contribution in [0, 0.1) is 5.92 Å². The third-order valence-electron chi connectivity index (χ3n) is 8.10. The summed E-state index contributed by atoms with van der Waals surface area (Å²) in [4.78, 5) is 44.8. The van der Waals surface area contributed by atoms with E-state index < -0.39 is 0 Å². The zero-order chi connectivity index (χ0) is 28.2. The molecular formula is C30H36N6O5. The van der Waals surface area contributed by atoms with Gasteiger partial charge in [-0.2, -0.15) is 0 Å². The molecule has 0 aliphatic carbocycles. The highest BCUT2D eigenvalue weighted by atomic mass is 16.5. The molecule has 5 heterocycles. The molecule has 3 aromatic rings. The van der Waals surface area contributed by atoms with E-state index in [2.05, 4.69) is 25.8 Å². The van der Waals surface area contributed by atoms with Gasteiger partial charge in [0.2, 0.25) is 5.91 Å². The fraction of sp³-hybridized carbons (Fsp3) is 0.467. The van der Waals surface area contributed by atoms with Crippen LogP contribution in [0.2, 0.25) is 0 Å². The van der Waals surface area contributed by atoms with Crippen molar-refractivity contribution in [2.24, 2.45) is 5.92 Å². The van der Waals surface area contributed by atoms with Crippen molar-refractivity contribution in [2.75, 3.05) is 44.7 Å². The van der Waals surface area contributed by atoms with Crippen LogP contribution in [-0.2, 0) is 22.7 Å². The summed E-state index contributed by atoms with van der Waals surface area (Å²) in [6.07, 6.45) is 3.50. The number of fused-ring (bicyclic) bond motifs is 4. The molecule has 3 aliphatic rings. The van der Waals surface area contributed by atoms with E-state index in [4.69, 9.17) is 9.47 Å². The molecular weight excluding hydrogens is 524 g/mol. The van der Waals surface area contributed by atoms with E-state index in [0.717, 1.165) is 54.6 Å². The first kappa shape index (κ1) is 27.2. The van der Waals surface area contributed by atoms with E-state index in [1.54, 1.807) is 6.07 Å². The summed E-state index contributed by atoms with van der Waals surface area (Å²) in [6.45, 7) is 4.25. The van der Waals surface area contributed by atoms with Crippen molar-refractivity contribution in [2.45, 2.75) is 44.8 Å². The van der Waals surface area contributed by atoms with Gasteiger partial charge in [-0.1, -0.05) is 0 Å². The summed E-state index contributed by atoms with van der Waals surface area (Å²) in [5.74, 6) is 1.32. The molecule has 2 amide bonds. The van der Waals surface area contributed by atoms with Crippen molar-refractivity contribution in [3.05, 3.63) is 58.5 Å². The number of nitrogens with one attached hydrogen (secondary N) is 3. The van der Waals surface area contributed by atoms with Crippen LogP contribution in [0.1, 0.15) is 31.4 Å². The maximum atomic E-state index is 13.4. The largest absolute Gasteiger partial charge is 0.494 e. The van der Waals surface area contributed by atoms with Gasteiger partial charge in [-0.05, 0) is 67.9 Å². The number of ether oxygens (including phenoxy) is 2. The maximum absolute atomic E-state index is 13.4. The van der Waals surface area contributed by atoms with Crippen molar-refractivity contribution in [1.82, 2.24) is 25.1 Å². The van der Waals surface area contributed by atoms with Gasteiger partial charge in [0, 0.05) is 50.9 Å². The van der Waals surface area contributed by atoms with E-state index in [1.165, 1.54) is 0 Å². The predicted octanol–water partition coefficient (Wildman–Crippen LogP) is 1.89. The van der Waals surface area contributed by atoms with Crippen LogP contribution >= 0.6 is 0 Å². The highest BCUT2D eigenvalue weighted by molar-refractivity contribution is 5.94. The van der Waals surface area contributed by atoms with Gasteiger partial charge in [0.25, 0.3) is 11.5 Å². The summed E-state index contributed by atoms with van der Waals surface area (Å²) in [6, 6.07) is 13.0. The summed E-state index contributed by atoms with van der Waals surface area (Å²) in [7, 11) is 0. The Labute approximate surface area is 238 Å². The van der Waals surface area contributed by atoms with Crippen molar-refractivity contribution in [3.63, 3.8) is 0 Å². The monoisotopic (exact) mass is 560 g/mol. The number of pyridine rings is 2. The normalized spacial score (nSPS) is 23.5. The van der Waals surface area contributed by atoms with Crippen LogP contribution in [0.15, 0.2) is 47.3 Å². The highest BCUT2D eigenvalue weighted by Crippen LogP contribution is 2.26. The van der Waals surface area contributed by atoms with Crippen molar-refractivity contribution >= 4 is 28.5 Å². The third kappa shape index (κ3) is 6.36. The smallest absolute Gasteiger partial charge is 0.263 e. The fourth-order valence-electron chi connectivity index (χ4n) is 5.84. The standard InChI is InChI=1S/C30H36N6O5/c37-27-19-41-26-8-6-21(33-29(26)34-27)17-32-24-10-12-35-13-14-36-25-16-22(7-4-20(25)5-9-28(36)38)40-15-3-1-2-11-31-30(39)23(24)18-35/h4-9,16,23-24,32H,1-3,10-15,17-19H2,(H,31,39)(H,33,34,37)/t23-,24+/m0/s1. The fourth-order valence-corrected chi connectivity index (χ4v) is 5.84. The average Bonchev–Trinajstić information content (AvgIpc) is 2.98. The van der Waals surface area contributed by atoms with E-state index in [1.807, 2.05) is 41.0 Å². The minimum atomic E-state index is -0.251. The highest BCUT2D eigenvalue weighted by Gasteiger charge is 2.34. The zero-order valence-electron chi connectivity index (χ0n) is 23.1. The lowest BCUT2D eigenvalue weighted by Gasteiger charge is -2.38. The van der Waals surface area contributed by atoms with Gasteiger partial charge in [-0.3, -0.25) is 14.4 Å². The third-order valence-corrected chi connectivity index (χ3v) is 8.10. The van der Waals surface area contributed by atoms with E-state index >= 15 is 0 Å². The number of carbonyl (C=O) groups excluding carboxylic acids is 2. The molecule has 3 aliphatic heterocycles. The molecule has 41 heavy (non-hydrogen) atoms. The number of benzene rings is 1. The maximum Gasteiger partial charge on any atom is 0.263 e. The Morgan fingerprint density at radius 2 is 1.88 bits per heavy atom. The van der Waals surface area contributed by atoms with Crippen LogP contribution in [0.25, 0.3) is 10.9 Å². The van der Waals surface area contributed by atoms with Gasteiger partial charge >= 0.3 is 0 Å². The number of rotatable bonds is 3. The molecule has 2 aromatic heterocycles. The number of nitrogens with zero attached hydrogens (tertiary/aromatic N) is 3. The molecule has 216 valence electrons. The molecule has 1 saturated heterocycles. The molecule has 0 saturated carbocycles. The van der Waals surface area contributed by atoms with Crippen LogP contribution in [0.3, 0.4) is 0 Å². The SMILES string of the molecule is O=C1COc2ccc(CN[C@@H]3CCN4CCn5c(=O)ccc6ccc(cc65)OCCCCCNC(=O)[C@H]3C4)nc2N1. The lowest BCUT2D eigenvalue weighted by molar-refractivity contribution is -0.127. The Kier molecular flexibility index (Phi) is 8.15. The minimum Gasteiger partial charge on any atom is -0.494 e. The second kappa shape index (κ2) is 12.3. The lowest BCUT2D eigenvalue weighted by Crippen LogP contribution is -2.55. The minimum absolute atomic E-state index is 0.00834.